The van der Waals surface area contributed by atoms with Crippen molar-refractivity contribution in [2.45, 2.75) is 32.8 Å². The Morgan fingerprint density at radius 1 is 1.42 bits per heavy atom. The molecule has 1 rings (SSSR count). The van der Waals surface area contributed by atoms with Gasteiger partial charge in [0, 0.05) is 13.2 Å². The highest BCUT2D eigenvalue weighted by Gasteiger charge is 2.25. The molecule has 1 aromatic rings. The highest BCUT2D eigenvalue weighted by Crippen LogP contribution is 2.13. The number of nitrogen functional groups attached to an aromatic ring is 1. The quantitative estimate of drug-likeness (QED) is 0.790. The molecular formula is C13H20N2O4. The van der Waals surface area contributed by atoms with Crippen LogP contribution in [0.3, 0.4) is 0 Å². The maximum absolute atomic E-state index is 12.0. The molecule has 0 saturated heterocycles. The summed E-state index contributed by atoms with van der Waals surface area (Å²) >= 11 is 0. The van der Waals surface area contributed by atoms with E-state index in [4.69, 9.17) is 15.2 Å². The van der Waals surface area contributed by atoms with Crippen LogP contribution in [0.15, 0.2) is 12.3 Å². The van der Waals surface area contributed by atoms with Gasteiger partial charge in [-0.3, -0.25) is 0 Å². The lowest BCUT2D eigenvalue weighted by Crippen LogP contribution is -2.29. The predicted octanol–water partition coefficient (Wildman–Crippen LogP) is 1.50. The first-order valence-corrected chi connectivity index (χ1v) is 6.29. The summed E-state index contributed by atoms with van der Waals surface area (Å²) in [6.45, 7) is 3.87. The molecule has 6 nitrogen and oxygen atoms in total. The molecular weight excluding hydrogens is 248 g/mol. The van der Waals surface area contributed by atoms with Crippen molar-refractivity contribution in [2.24, 2.45) is 7.05 Å². The van der Waals surface area contributed by atoms with Crippen LogP contribution in [-0.4, -0.2) is 29.2 Å². The van der Waals surface area contributed by atoms with E-state index in [1.54, 1.807) is 24.7 Å². The number of hydrogen-bond donors (Lipinski definition) is 1. The molecule has 106 valence electrons. The molecule has 6 heteroatoms. The molecule has 0 aromatic carbocycles. The van der Waals surface area contributed by atoms with E-state index in [9.17, 15) is 9.59 Å². The Labute approximate surface area is 112 Å². The van der Waals surface area contributed by atoms with E-state index in [2.05, 4.69) is 0 Å². The number of aromatic nitrogens is 1. The SMILES string of the molecule is CCCC(OC(=O)c1cc(N)cn1C)C(=O)OCC. The van der Waals surface area contributed by atoms with Crippen LogP contribution in [0.2, 0.25) is 0 Å². The van der Waals surface area contributed by atoms with Gasteiger partial charge in [0.2, 0.25) is 0 Å². The van der Waals surface area contributed by atoms with Crippen molar-refractivity contribution in [1.82, 2.24) is 4.57 Å². The lowest BCUT2D eigenvalue weighted by atomic mass is 10.2. The highest BCUT2D eigenvalue weighted by atomic mass is 16.6. The van der Waals surface area contributed by atoms with Crippen molar-refractivity contribution in [2.75, 3.05) is 12.3 Å². The predicted molar refractivity (Wildman–Crippen MR) is 70.6 cm³/mol. The van der Waals surface area contributed by atoms with Crippen LogP contribution in [-0.2, 0) is 21.3 Å². The number of aryl methyl sites for hydroxylation is 1. The van der Waals surface area contributed by atoms with Gasteiger partial charge in [-0.05, 0) is 19.4 Å². The van der Waals surface area contributed by atoms with E-state index in [-0.39, 0.29) is 6.61 Å². The summed E-state index contributed by atoms with van der Waals surface area (Å²) in [5.41, 5.74) is 6.37. The molecule has 1 atom stereocenters. The van der Waals surface area contributed by atoms with Gasteiger partial charge in [0.1, 0.15) is 5.69 Å². The lowest BCUT2D eigenvalue weighted by molar-refractivity contribution is -0.153. The second kappa shape index (κ2) is 6.82. The molecule has 0 aliphatic carbocycles. The Kier molecular flexibility index (Phi) is 5.41. The fourth-order valence-electron chi connectivity index (χ4n) is 1.70. The average Bonchev–Trinajstić information content (AvgIpc) is 2.68. The summed E-state index contributed by atoms with van der Waals surface area (Å²) in [5, 5.41) is 0. The molecule has 0 saturated carbocycles. The lowest BCUT2D eigenvalue weighted by Gasteiger charge is -2.15. The van der Waals surface area contributed by atoms with Crippen LogP contribution in [0.4, 0.5) is 5.69 Å². The van der Waals surface area contributed by atoms with Gasteiger partial charge in [-0.25, -0.2) is 9.59 Å². The fraction of sp³-hybridized carbons (Fsp3) is 0.538. The minimum atomic E-state index is -0.867. The number of carbonyl (C=O) groups is 2. The van der Waals surface area contributed by atoms with Crippen LogP contribution in [0.1, 0.15) is 37.2 Å². The molecule has 1 heterocycles. The van der Waals surface area contributed by atoms with Crippen LogP contribution in [0, 0.1) is 0 Å². The molecule has 0 aliphatic rings. The maximum Gasteiger partial charge on any atom is 0.355 e. The van der Waals surface area contributed by atoms with E-state index in [0.29, 0.717) is 24.2 Å². The summed E-state index contributed by atoms with van der Waals surface area (Å²) in [4.78, 5) is 23.6. The summed E-state index contributed by atoms with van der Waals surface area (Å²) in [6.07, 6.45) is 1.89. The molecule has 2 N–H and O–H groups in total. The van der Waals surface area contributed by atoms with Crippen molar-refractivity contribution in [1.29, 1.82) is 0 Å². The third-order valence-corrected chi connectivity index (χ3v) is 2.58. The van der Waals surface area contributed by atoms with Gasteiger partial charge in [0.05, 0.1) is 12.3 Å². The molecule has 0 spiro atoms. The summed E-state index contributed by atoms with van der Waals surface area (Å²) in [5.74, 6) is -1.09. The number of esters is 2. The third kappa shape index (κ3) is 4.01. The van der Waals surface area contributed by atoms with Crippen molar-refractivity contribution < 1.29 is 19.1 Å². The van der Waals surface area contributed by atoms with Gasteiger partial charge in [-0.2, -0.15) is 0 Å². The van der Waals surface area contributed by atoms with E-state index < -0.39 is 18.0 Å². The Morgan fingerprint density at radius 2 is 2.11 bits per heavy atom. The molecule has 0 fully saturated rings. The standard InChI is InChI=1S/C13H20N2O4/c1-4-6-11(13(17)18-5-2)19-12(16)10-7-9(14)8-15(10)3/h7-8,11H,4-6,14H2,1-3H3. The Morgan fingerprint density at radius 3 is 2.58 bits per heavy atom. The molecule has 0 aliphatic heterocycles. The summed E-state index contributed by atoms with van der Waals surface area (Å²) in [6, 6.07) is 1.51. The zero-order chi connectivity index (χ0) is 14.4. The molecule has 1 aromatic heterocycles. The van der Waals surface area contributed by atoms with Crippen LogP contribution in [0.25, 0.3) is 0 Å². The number of anilines is 1. The first-order valence-electron chi connectivity index (χ1n) is 6.29. The van der Waals surface area contributed by atoms with Crippen LogP contribution >= 0.6 is 0 Å². The Bertz CT molecular complexity index is 453. The molecule has 0 radical (unpaired) electrons. The van der Waals surface area contributed by atoms with Crippen molar-refractivity contribution >= 4 is 17.6 Å². The average molecular weight is 268 g/mol. The fourth-order valence-corrected chi connectivity index (χ4v) is 1.70. The van der Waals surface area contributed by atoms with Gasteiger partial charge in [-0.15, -0.1) is 0 Å². The minimum absolute atomic E-state index is 0.258. The molecule has 0 bridgehead atoms. The molecule has 19 heavy (non-hydrogen) atoms. The zero-order valence-corrected chi connectivity index (χ0v) is 11.5. The van der Waals surface area contributed by atoms with Crippen LogP contribution in [0.5, 0.6) is 0 Å². The summed E-state index contributed by atoms with van der Waals surface area (Å²) < 4.78 is 11.6. The first kappa shape index (κ1) is 15.1. The highest BCUT2D eigenvalue weighted by molar-refractivity contribution is 5.91. The first-order chi connectivity index (χ1) is 8.99. The van der Waals surface area contributed by atoms with Gasteiger partial charge in [0.25, 0.3) is 0 Å². The van der Waals surface area contributed by atoms with E-state index >= 15 is 0 Å². The van der Waals surface area contributed by atoms with Gasteiger partial charge in [0.15, 0.2) is 6.10 Å². The smallest absolute Gasteiger partial charge is 0.355 e. The number of nitrogens with two attached hydrogens (primary N) is 1. The number of rotatable bonds is 6. The number of ether oxygens (including phenoxy) is 2. The topological polar surface area (TPSA) is 83.5 Å². The number of nitrogens with zero attached hydrogens (tertiary/aromatic N) is 1. The summed E-state index contributed by atoms with van der Waals surface area (Å²) in [7, 11) is 1.69. The number of carbonyl (C=O) groups excluding carboxylic acids is 2. The zero-order valence-electron chi connectivity index (χ0n) is 11.5. The monoisotopic (exact) mass is 268 g/mol. The Balaban J connectivity index is 2.76. The largest absolute Gasteiger partial charge is 0.463 e. The van der Waals surface area contributed by atoms with Crippen LogP contribution < -0.4 is 5.73 Å². The van der Waals surface area contributed by atoms with Crippen molar-refractivity contribution in [3.8, 4) is 0 Å². The normalized spacial score (nSPS) is 11.9. The second-order valence-corrected chi connectivity index (χ2v) is 4.20. The van der Waals surface area contributed by atoms with Crippen molar-refractivity contribution in [3.05, 3.63) is 18.0 Å². The van der Waals surface area contributed by atoms with Gasteiger partial charge >= 0.3 is 11.9 Å². The number of hydrogen-bond acceptors (Lipinski definition) is 5. The Hall–Kier alpha value is -1.98. The van der Waals surface area contributed by atoms with Gasteiger partial charge < -0.3 is 19.8 Å². The van der Waals surface area contributed by atoms with E-state index in [0.717, 1.165) is 0 Å². The van der Waals surface area contributed by atoms with E-state index in [1.165, 1.54) is 6.07 Å². The third-order valence-electron chi connectivity index (χ3n) is 2.58. The molecule has 0 amide bonds. The maximum atomic E-state index is 12.0. The second-order valence-electron chi connectivity index (χ2n) is 4.20. The van der Waals surface area contributed by atoms with Crippen molar-refractivity contribution in [3.63, 3.8) is 0 Å². The minimum Gasteiger partial charge on any atom is -0.463 e. The van der Waals surface area contributed by atoms with Gasteiger partial charge in [-0.1, -0.05) is 13.3 Å². The van der Waals surface area contributed by atoms with E-state index in [1.807, 2.05) is 6.92 Å². The molecule has 1 unspecified atom stereocenters.